The fourth-order valence-electron chi connectivity index (χ4n) is 5.01. The van der Waals surface area contributed by atoms with Crippen LogP contribution in [0.2, 0.25) is 0 Å². The number of aromatic amines is 1. The SMILES string of the molecule is COc1cc2c(cc1OC)CC(=O)N(CCC(=O)NC1CCCc3c1[nH]c1ccccc31)C=C2. The molecular weight excluding hydrogens is 430 g/mol. The highest BCUT2D eigenvalue weighted by Crippen LogP contribution is 2.35. The van der Waals surface area contributed by atoms with E-state index in [4.69, 9.17) is 9.47 Å². The lowest BCUT2D eigenvalue weighted by molar-refractivity contribution is -0.128. The monoisotopic (exact) mass is 459 g/mol. The standard InChI is InChI=1S/C27H29N3O4/c1-33-23-14-17-10-12-30(26(32)16-18(17)15-24(23)34-2)13-11-25(31)28-22-9-5-7-20-19-6-3-4-8-21(19)29-27(20)22/h3-4,6,8,10,12,14-15,22,29H,5,7,9,11,13,16H2,1-2H3,(H,28,31). The molecule has 176 valence electrons. The summed E-state index contributed by atoms with van der Waals surface area (Å²) in [7, 11) is 3.17. The summed E-state index contributed by atoms with van der Waals surface area (Å²) in [4.78, 5) is 30.8. The third-order valence-corrected chi connectivity index (χ3v) is 6.77. The van der Waals surface area contributed by atoms with Gasteiger partial charge in [0.1, 0.15) is 0 Å². The van der Waals surface area contributed by atoms with E-state index in [-0.39, 0.29) is 30.7 Å². The van der Waals surface area contributed by atoms with E-state index in [9.17, 15) is 9.59 Å². The van der Waals surface area contributed by atoms with Gasteiger partial charge >= 0.3 is 0 Å². The summed E-state index contributed by atoms with van der Waals surface area (Å²) < 4.78 is 10.8. The van der Waals surface area contributed by atoms with Crippen molar-refractivity contribution in [1.82, 2.24) is 15.2 Å². The number of H-pyrrole nitrogens is 1. The molecular formula is C27H29N3O4. The summed E-state index contributed by atoms with van der Waals surface area (Å²) in [6, 6.07) is 12.0. The maximum Gasteiger partial charge on any atom is 0.230 e. The van der Waals surface area contributed by atoms with Gasteiger partial charge in [0.15, 0.2) is 11.5 Å². The number of aromatic nitrogens is 1. The summed E-state index contributed by atoms with van der Waals surface area (Å²) in [6.07, 6.45) is 7.10. The van der Waals surface area contributed by atoms with Gasteiger partial charge in [-0.2, -0.15) is 0 Å². The molecule has 1 unspecified atom stereocenters. The van der Waals surface area contributed by atoms with Gasteiger partial charge in [0, 0.05) is 35.8 Å². The van der Waals surface area contributed by atoms with Crippen LogP contribution in [0.1, 0.15) is 47.7 Å². The summed E-state index contributed by atoms with van der Waals surface area (Å²) in [6.45, 7) is 0.329. The van der Waals surface area contributed by atoms with Gasteiger partial charge in [-0.25, -0.2) is 0 Å². The summed E-state index contributed by atoms with van der Waals surface area (Å²) in [5.74, 6) is 1.11. The minimum absolute atomic E-state index is 0.0248. The Labute approximate surface area is 198 Å². The van der Waals surface area contributed by atoms with Gasteiger partial charge in [-0.15, -0.1) is 0 Å². The fourth-order valence-corrected chi connectivity index (χ4v) is 5.01. The molecule has 3 aromatic rings. The third kappa shape index (κ3) is 4.14. The van der Waals surface area contributed by atoms with Crippen LogP contribution in [0.15, 0.2) is 42.6 Å². The predicted octanol–water partition coefficient (Wildman–Crippen LogP) is 4.12. The molecule has 7 heteroatoms. The Morgan fingerprint density at radius 2 is 1.97 bits per heavy atom. The molecule has 1 aromatic heterocycles. The van der Waals surface area contributed by atoms with E-state index >= 15 is 0 Å². The molecule has 0 saturated heterocycles. The molecule has 0 saturated carbocycles. The van der Waals surface area contributed by atoms with E-state index in [1.165, 1.54) is 10.9 Å². The largest absolute Gasteiger partial charge is 0.493 e. The molecule has 34 heavy (non-hydrogen) atoms. The fraction of sp³-hybridized carbons (Fsp3) is 0.333. The number of aryl methyl sites for hydroxylation is 1. The molecule has 2 aliphatic rings. The van der Waals surface area contributed by atoms with Crippen molar-refractivity contribution in [2.75, 3.05) is 20.8 Å². The highest BCUT2D eigenvalue weighted by Gasteiger charge is 2.26. The third-order valence-electron chi connectivity index (χ3n) is 6.77. The molecule has 7 nitrogen and oxygen atoms in total. The van der Waals surface area contributed by atoms with Crippen LogP contribution in [-0.4, -0.2) is 42.5 Å². The zero-order chi connectivity index (χ0) is 23.7. The molecule has 1 aliphatic carbocycles. The Hall–Kier alpha value is -3.74. The van der Waals surface area contributed by atoms with Gasteiger partial charge in [0.25, 0.3) is 0 Å². The number of hydrogen-bond acceptors (Lipinski definition) is 4. The molecule has 0 fully saturated rings. The summed E-state index contributed by atoms with van der Waals surface area (Å²) in [5.41, 5.74) is 5.32. The minimum Gasteiger partial charge on any atom is -0.493 e. The Morgan fingerprint density at radius 1 is 1.18 bits per heavy atom. The van der Waals surface area contributed by atoms with Gasteiger partial charge in [0.05, 0.1) is 26.7 Å². The first-order valence-electron chi connectivity index (χ1n) is 11.7. The normalized spacial score (nSPS) is 17.2. The number of carbonyl (C=O) groups excluding carboxylic acids is 2. The van der Waals surface area contributed by atoms with E-state index in [2.05, 4.69) is 28.5 Å². The van der Waals surface area contributed by atoms with Crippen LogP contribution >= 0.6 is 0 Å². The molecule has 5 rings (SSSR count). The van der Waals surface area contributed by atoms with Crippen LogP contribution in [0.3, 0.4) is 0 Å². The van der Waals surface area contributed by atoms with Crippen molar-refractivity contribution < 1.29 is 19.1 Å². The molecule has 0 spiro atoms. The molecule has 0 bridgehead atoms. The van der Waals surface area contributed by atoms with Crippen molar-refractivity contribution in [2.45, 2.75) is 38.1 Å². The van der Waals surface area contributed by atoms with E-state index < -0.39 is 0 Å². The number of para-hydroxylation sites is 1. The second kappa shape index (κ2) is 9.25. The van der Waals surface area contributed by atoms with E-state index in [1.54, 1.807) is 25.3 Å². The van der Waals surface area contributed by atoms with Gasteiger partial charge < -0.3 is 24.7 Å². The number of fused-ring (bicyclic) bond motifs is 4. The first-order chi connectivity index (χ1) is 16.6. The number of methoxy groups -OCH3 is 2. The van der Waals surface area contributed by atoms with Crippen LogP contribution in [0, 0.1) is 0 Å². The number of hydrogen-bond donors (Lipinski definition) is 2. The second-order valence-electron chi connectivity index (χ2n) is 8.81. The first kappa shape index (κ1) is 22.1. The molecule has 2 heterocycles. The lowest BCUT2D eigenvalue weighted by Gasteiger charge is -2.24. The number of nitrogens with zero attached hydrogens (tertiary/aromatic N) is 1. The summed E-state index contributed by atoms with van der Waals surface area (Å²) >= 11 is 0. The molecule has 0 radical (unpaired) electrons. The molecule has 2 amide bonds. The van der Waals surface area contributed by atoms with Gasteiger partial charge in [-0.1, -0.05) is 18.2 Å². The zero-order valence-corrected chi connectivity index (χ0v) is 19.5. The van der Waals surface area contributed by atoms with Crippen molar-refractivity contribution in [3.63, 3.8) is 0 Å². The van der Waals surface area contributed by atoms with Crippen LogP contribution in [0.4, 0.5) is 0 Å². The Balaban J connectivity index is 1.24. The lowest BCUT2D eigenvalue weighted by Crippen LogP contribution is -2.35. The van der Waals surface area contributed by atoms with Crippen LogP contribution in [0.5, 0.6) is 11.5 Å². The maximum atomic E-state index is 12.9. The number of benzene rings is 2. The van der Waals surface area contributed by atoms with E-state index in [0.717, 1.165) is 41.6 Å². The molecule has 2 aromatic carbocycles. The van der Waals surface area contributed by atoms with Crippen LogP contribution in [0.25, 0.3) is 17.0 Å². The Bertz CT molecular complexity index is 1280. The van der Waals surface area contributed by atoms with Crippen LogP contribution in [-0.2, 0) is 22.4 Å². The molecule has 2 N–H and O–H groups in total. The maximum absolute atomic E-state index is 12.9. The topological polar surface area (TPSA) is 83.7 Å². The number of rotatable bonds is 6. The Morgan fingerprint density at radius 3 is 2.79 bits per heavy atom. The smallest absolute Gasteiger partial charge is 0.230 e. The average molecular weight is 460 g/mol. The van der Waals surface area contributed by atoms with Crippen molar-refractivity contribution in [3.8, 4) is 11.5 Å². The van der Waals surface area contributed by atoms with Crippen molar-refractivity contribution in [2.24, 2.45) is 0 Å². The second-order valence-corrected chi connectivity index (χ2v) is 8.81. The molecule has 1 aliphatic heterocycles. The number of amides is 2. The highest BCUT2D eigenvalue weighted by atomic mass is 16.5. The lowest BCUT2D eigenvalue weighted by atomic mass is 9.91. The average Bonchev–Trinajstić information content (AvgIpc) is 3.16. The predicted molar refractivity (Wildman–Crippen MR) is 131 cm³/mol. The van der Waals surface area contributed by atoms with Gasteiger partial charge in [-0.3, -0.25) is 9.59 Å². The highest BCUT2D eigenvalue weighted by molar-refractivity contribution is 5.86. The van der Waals surface area contributed by atoms with Crippen molar-refractivity contribution in [3.05, 3.63) is 65.0 Å². The minimum atomic E-state index is -0.0530. The Kier molecular flexibility index (Phi) is 6.01. The zero-order valence-electron chi connectivity index (χ0n) is 19.5. The van der Waals surface area contributed by atoms with Crippen molar-refractivity contribution in [1.29, 1.82) is 0 Å². The van der Waals surface area contributed by atoms with Crippen molar-refractivity contribution >= 4 is 28.8 Å². The number of nitrogens with one attached hydrogen (secondary N) is 2. The summed E-state index contributed by atoms with van der Waals surface area (Å²) in [5, 5.41) is 4.43. The van der Waals surface area contributed by atoms with Crippen LogP contribution < -0.4 is 14.8 Å². The van der Waals surface area contributed by atoms with Gasteiger partial charge in [0.2, 0.25) is 11.8 Å². The van der Waals surface area contributed by atoms with E-state index in [1.807, 2.05) is 24.3 Å². The number of ether oxygens (including phenoxy) is 2. The number of carbonyl (C=O) groups is 2. The van der Waals surface area contributed by atoms with E-state index in [0.29, 0.717) is 18.0 Å². The first-order valence-corrected chi connectivity index (χ1v) is 11.7. The quantitative estimate of drug-likeness (QED) is 0.581. The van der Waals surface area contributed by atoms with Gasteiger partial charge in [-0.05, 0) is 60.2 Å². The molecule has 1 atom stereocenters.